The molecule has 0 N–H and O–H groups in total. The van der Waals surface area contributed by atoms with Gasteiger partial charge in [-0.3, -0.25) is 0 Å². The van der Waals surface area contributed by atoms with Crippen LogP contribution in [0.5, 0.6) is 0 Å². The summed E-state index contributed by atoms with van der Waals surface area (Å²) in [5.41, 5.74) is 13.7. The van der Waals surface area contributed by atoms with E-state index in [2.05, 4.69) is 117 Å². The van der Waals surface area contributed by atoms with E-state index in [4.69, 9.17) is 0 Å². The van der Waals surface area contributed by atoms with E-state index in [1.807, 2.05) is 108 Å². The predicted octanol–water partition coefficient (Wildman–Crippen LogP) is 17.1. The van der Waals surface area contributed by atoms with Gasteiger partial charge in [0.25, 0.3) is 0 Å². The van der Waals surface area contributed by atoms with Gasteiger partial charge in [0.05, 0.1) is 5.48 Å². The highest BCUT2D eigenvalue weighted by molar-refractivity contribution is 5.88. The predicted molar refractivity (Wildman–Crippen MR) is 279 cm³/mol. The first kappa shape index (κ1) is 37.5. The number of benzene rings is 7. The van der Waals surface area contributed by atoms with E-state index in [9.17, 15) is 5.48 Å². The van der Waals surface area contributed by atoms with Crippen LogP contribution >= 0.6 is 0 Å². The zero-order valence-electron chi connectivity index (χ0n) is 39.8. The molecule has 1 heteroatoms. The van der Waals surface area contributed by atoms with Crippen LogP contribution in [0.2, 0.25) is 0 Å². The first-order chi connectivity index (χ1) is 33.2. The summed E-state index contributed by atoms with van der Waals surface area (Å²) >= 11 is 0. The molecular formula is C63H51N. The van der Waals surface area contributed by atoms with Crippen molar-refractivity contribution < 1.29 is 5.48 Å². The normalized spacial score (nSPS) is 14.7. The fourth-order valence-corrected chi connectivity index (χ4v) is 8.00. The van der Waals surface area contributed by atoms with Crippen molar-refractivity contribution in [1.29, 1.82) is 0 Å². The van der Waals surface area contributed by atoms with Crippen molar-refractivity contribution in [3.05, 3.63) is 307 Å². The molecule has 0 saturated heterocycles. The minimum Gasteiger partial charge on any atom is -0.311 e. The molecule has 7 aromatic rings. The van der Waals surface area contributed by atoms with Crippen molar-refractivity contribution in [2.24, 2.45) is 0 Å². The molecule has 308 valence electrons. The average molecular weight is 826 g/mol. The third kappa shape index (κ3) is 9.76. The second kappa shape index (κ2) is 20.5. The molecule has 1 nitrogen and oxygen atoms in total. The van der Waals surface area contributed by atoms with E-state index in [0.29, 0.717) is 17.0 Å². The molecule has 8 rings (SSSR count). The quantitative estimate of drug-likeness (QED) is 0.0693. The molecule has 1 unspecified atom stereocenters. The van der Waals surface area contributed by atoms with E-state index >= 15 is 0 Å². The summed E-state index contributed by atoms with van der Waals surface area (Å²) in [6.07, 6.45) is 24.5. The van der Waals surface area contributed by atoms with Crippen LogP contribution in [0.15, 0.2) is 268 Å². The molecule has 0 spiro atoms. The molecule has 0 aromatic heterocycles. The number of anilines is 2. The Kier molecular flexibility index (Phi) is 12.0. The molecule has 0 aliphatic heterocycles. The van der Waals surface area contributed by atoms with Crippen molar-refractivity contribution in [3.8, 4) is 22.3 Å². The summed E-state index contributed by atoms with van der Waals surface area (Å²) < 4.78 is 38.5. The fourth-order valence-electron chi connectivity index (χ4n) is 8.00. The largest absolute Gasteiger partial charge is 0.311 e. The van der Waals surface area contributed by atoms with Crippen molar-refractivity contribution in [1.82, 2.24) is 0 Å². The van der Waals surface area contributed by atoms with Gasteiger partial charge in [-0.2, -0.15) is 0 Å². The third-order valence-corrected chi connectivity index (χ3v) is 11.1. The SMILES string of the molecule is [2H]c1c([2H])c(N(/C(C=C)=C/C2=Cc3ccccc3C2c2ccccc2)c2ccc(-c3ccc(-c4ccc(/C=C\C=C)c(/C=C\C=C)c4)cc3)cc2)c([2H])c([2H])c1C(/C=C\C=C)=C\c1ccccc1. The lowest BCUT2D eigenvalue weighted by Crippen LogP contribution is -2.16. The molecule has 0 saturated carbocycles. The highest BCUT2D eigenvalue weighted by Gasteiger charge is 2.26. The lowest BCUT2D eigenvalue weighted by molar-refractivity contribution is 1.000. The Balaban J connectivity index is 1.24. The summed E-state index contributed by atoms with van der Waals surface area (Å²) in [5.74, 6) is -0.0779. The zero-order chi connectivity index (χ0) is 47.6. The minimum atomic E-state index is -0.185. The second-order valence-corrected chi connectivity index (χ2v) is 15.2. The van der Waals surface area contributed by atoms with Crippen LogP contribution in [-0.2, 0) is 0 Å². The molecule has 64 heavy (non-hydrogen) atoms. The minimum absolute atomic E-state index is 0.0779. The van der Waals surface area contributed by atoms with Gasteiger partial charge in [0.15, 0.2) is 0 Å². The Morgan fingerprint density at radius 2 is 1.11 bits per heavy atom. The van der Waals surface area contributed by atoms with Gasteiger partial charge < -0.3 is 4.90 Å². The molecule has 0 bridgehead atoms. The molecule has 1 atom stereocenters. The van der Waals surface area contributed by atoms with Gasteiger partial charge in [0, 0.05) is 23.0 Å². The summed E-state index contributed by atoms with van der Waals surface area (Å²) in [4.78, 5) is 1.81. The summed E-state index contributed by atoms with van der Waals surface area (Å²) in [6.45, 7) is 15.8. The average Bonchev–Trinajstić information content (AvgIpc) is 3.75. The van der Waals surface area contributed by atoms with Crippen molar-refractivity contribution in [2.45, 2.75) is 5.92 Å². The van der Waals surface area contributed by atoms with Crippen LogP contribution in [0.1, 0.15) is 50.3 Å². The monoisotopic (exact) mass is 825 g/mol. The van der Waals surface area contributed by atoms with E-state index in [1.165, 1.54) is 5.56 Å². The second-order valence-electron chi connectivity index (χ2n) is 15.2. The summed E-state index contributed by atoms with van der Waals surface area (Å²) in [5, 5.41) is 0. The smallest absolute Gasteiger partial charge is 0.0645 e. The third-order valence-electron chi connectivity index (χ3n) is 11.1. The molecule has 0 heterocycles. The van der Waals surface area contributed by atoms with Crippen LogP contribution in [0.25, 0.3) is 52.1 Å². The van der Waals surface area contributed by atoms with Crippen LogP contribution in [-0.4, -0.2) is 0 Å². The van der Waals surface area contributed by atoms with Gasteiger partial charge in [-0.05, 0) is 121 Å². The first-order valence-electron chi connectivity index (χ1n) is 23.3. The van der Waals surface area contributed by atoms with E-state index in [-0.39, 0.29) is 41.3 Å². The maximum atomic E-state index is 9.70. The summed E-state index contributed by atoms with van der Waals surface area (Å²) in [7, 11) is 0. The van der Waals surface area contributed by atoms with Crippen LogP contribution in [0.4, 0.5) is 11.4 Å². The Labute approximate surface area is 385 Å². The van der Waals surface area contributed by atoms with E-state index in [1.54, 1.807) is 36.5 Å². The van der Waals surface area contributed by atoms with Crippen LogP contribution in [0, 0.1) is 0 Å². The molecular weight excluding hydrogens is 771 g/mol. The maximum absolute atomic E-state index is 9.70. The Bertz CT molecular complexity index is 3170. The van der Waals surface area contributed by atoms with Gasteiger partial charge in [0.2, 0.25) is 0 Å². The number of allylic oxidation sites excluding steroid dienone is 11. The molecule has 0 fully saturated rings. The van der Waals surface area contributed by atoms with Crippen LogP contribution < -0.4 is 4.90 Å². The molecule has 7 aromatic carbocycles. The highest BCUT2D eigenvalue weighted by Crippen LogP contribution is 2.43. The molecule has 1 aliphatic carbocycles. The molecule has 1 aliphatic rings. The number of hydrogen-bond donors (Lipinski definition) is 0. The van der Waals surface area contributed by atoms with Gasteiger partial charge in [-0.1, -0.05) is 233 Å². The van der Waals surface area contributed by atoms with Crippen molar-refractivity contribution in [2.75, 3.05) is 4.90 Å². The van der Waals surface area contributed by atoms with Crippen LogP contribution in [0.3, 0.4) is 0 Å². The van der Waals surface area contributed by atoms with Gasteiger partial charge in [0.1, 0.15) is 0 Å². The Morgan fingerprint density at radius 1 is 0.531 bits per heavy atom. The molecule has 0 radical (unpaired) electrons. The van der Waals surface area contributed by atoms with Crippen molar-refractivity contribution in [3.63, 3.8) is 0 Å². The zero-order valence-corrected chi connectivity index (χ0v) is 35.8. The van der Waals surface area contributed by atoms with Gasteiger partial charge in [-0.15, -0.1) is 0 Å². The summed E-state index contributed by atoms with van der Waals surface area (Å²) in [6, 6.07) is 50.5. The van der Waals surface area contributed by atoms with E-state index in [0.717, 1.165) is 55.6 Å². The lowest BCUT2D eigenvalue weighted by atomic mass is 9.88. The standard InChI is InChI=1S/C63H51N/c1-5-9-22-48-33-34-56(44-55(48)24-11-7-3)51-31-29-49(30-32-51)50-35-39-60(40-36-50)64(61-41-37-52(38-42-61)54(23-10-6-2)43-47-20-14-12-15-21-47)59(8-4)46-58-45-57-27-18-19-28-62(57)63(58)53-25-16-13-17-26-53/h5-46,63H,1-4H2/b22-9-,23-10-,24-11-,54-43-,59-46+/i37D,38D,41D,42D. The fraction of sp³-hybridized carbons (Fsp3) is 0.0159. The van der Waals surface area contributed by atoms with Gasteiger partial charge in [-0.25, -0.2) is 0 Å². The number of fused-ring (bicyclic) bond motifs is 1. The highest BCUT2D eigenvalue weighted by atomic mass is 15.1. The molecule has 0 amide bonds. The topological polar surface area (TPSA) is 3.24 Å². The van der Waals surface area contributed by atoms with Gasteiger partial charge >= 0.3 is 0 Å². The number of hydrogen-bond acceptors (Lipinski definition) is 1. The number of nitrogens with zero attached hydrogens (tertiary/aromatic N) is 1. The Hall–Kier alpha value is -8.26. The maximum Gasteiger partial charge on any atom is 0.0645 e. The Morgan fingerprint density at radius 3 is 1.77 bits per heavy atom. The lowest BCUT2D eigenvalue weighted by Gasteiger charge is -2.28. The first-order valence-corrected chi connectivity index (χ1v) is 21.3. The van der Waals surface area contributed by atoms with Crippen molar-refractivity contribution >= 4 is 41.3 Å². The number of rotatable bonds is 16. The van der Waals surface area contributed by atoms with E-state index < -0.39 is 0 Å².